The fourth-order valence-electron chi connectivity index (χ4n) is 2.18. The Labute approximate surface area is 125 Å². The largest absolute Gasteiger partial charge is 0.453 e. The molecule has 4 heteroatoms. The molecule has 1 aliphatic heterocycles. The predicted molar refractivity (Wildman–Crippen MR) is 82.5 cm³/mol. The molecule has 1 aliphatic rings. The molecule has 0 unspecified atom stereocenters. The van der Waals surface area contributed by atoms with E-state index in [9.17, 15) is 4.79 Å². The number of hydrogen-bond acceptors (Lipinski definition) is 2. The Morgan fingerprint density at radius 2 is 1.95 bits per heavy atom. The van der Waals surface area contributed by atoms with Crippen molar-refractivity contribution in [3.8, 4) is 5.75 Å². The highest BCUT2D eigenvalue weighted by molar-refractivity contribution is 9.10. The van der Waals surface area contributed by atoms with Crippen molar-refractivity contribution in [2.45, 2.75) is 6.92 Å². The molecule has 1 amide bonds. The Balaban J connectivity index is 2.11. The number of benzene rings is 2. The van der Waals surface area contributed by atoms with Crippen LogP contribution in [-0.4, -0.2) is 6.41 Å². The average molecular weight is 330 g/mol. The van der Waals surface area contributed by atoms with Gasteiger partial charge in [-0.3, -0.25) is 9.69 Å². The normalized spacial score (nSPS) is 13.3. The van der Waals surface area contributed by atoms with E-state index < -0.39 is 0 Å². The molecule has 0 spiro atoms. The van der Waals surface area contributed by atoms with E-state index >= 15 is 0 Å². The second-order valence-electron chi connectivity index (χ2n) is 4.49. The molecule has 0 saturated heterocycles. The molecule has 2 aromatic rings. The summed E-state index contributed by atoms with van der Waals surface area (Å²) in [5.41, 5.74) is 2.78. The summed E-state index contributed by atoms with van der Waals surface area (Å²) in [5.74, 6) is 1.34. The second-order valence-corrected chi connectivity index (χ2v) is 5.34. The first kappa shape index (κ1) is 12.9. The average Bonchev–Trinajstić information content (AvgIpc) is 2.49. The monoisotopic (exact) mass is 329 g/mol. The van der Waals surface area contributed by atoms with Crippen molar-refractivity contribution in [1.82, 2.24) is 0 Å². The molecule has 0 fully saturated rings. The number of amides is 1. The van der Waals surface area contributed by atoms with E-state index in [0.717, 1.165) is 27.7 Å². The van der Waals surface area contributed by atoms with E-state index in [2.05, 4.69) is 15.9 Å². The van der Waals surface area contributed by atoms with Gasteiger partial charge in [-0.1, -0.05) is 40.2 Å². The van der Waals surface area contributed by atoms with Gasteiger partial charge in [0.2, 0.25) is 6.41 Å². The molecule has 2 aromatic carbocycles. The number of para-hydroxylation sites is 2. The van der Waals surface area contributed by atoms with Gasteiger partial charge in [-0.15, -0.1) is 0 Å². The summed E-state index contributed by atoms with van der Waals surface area (Å²) in [6.45, 7) is 2.01. The molecule has 0 N–H and O–H groups in total. The SMILES string of the molecule is Cc1c(Br)cccc1C1=CN(C=O)c2ccccc2O1. The Morgan fingerprint density at radius 1 is 1.15 bits per heavy atom. The van der Waals surface area contributed by atoms with Crippen molar-refractivity contribution in [3.63, 3.8) is 0 Å². The Morgan fingerprint density at radius 3 is 2.75 bits per heavy atom. The summed E-state index contributed by atoms with van der Waals surface area (Å²) in [4.78, 5) is 12.8. The first-order valence-corrected chi connectivity index (χ1v) is 6.98. The fourth-order valence-corrected chi connectivity index (χ4v) is 2.55. The third kappa shape index (κ3) is 2.12. The van der Waals surface area contributed by atoms with Crippen molar-refractivity contribution < 1.29 is 9.53 Å². The standard InChI is InChI=1S/C16H12BrNO2/c1-11-12(5-4-6-13(11)17)16-9-18(10-19)14-7-2-3-8-15(14)20-16/h2-10H,1H3. The lowest BCUT2D eigenvalue weighted by atomic mass is 10.1. The number of nitrogens with zero attached hydrogens (tertiary/aromatic N) is 1. The van der Waals surface area contributed by atoms with Crippen molar-refractivity contribution in [1.29, 1.82) is 0 Å². The van der Waals surface area contributed by atoms with Gasteiger partial charge in [-0.25, -0.2) is 0 Å². The number of fused-ring (bicyclic) bond motifs is 1. The molecular formula is C16H12BrNO2. The van der Waals surface area contributed by atoms with Crippen molar-refractivity contribution in [2.24, 2.45) is 0 Å². The summed E-state index contributed by atoms with van der Waals surface area (Å²) >= 11 is 3.51. The van der Waals surface area contributed by atoms with Crippen molar-refractivity contribution in [2.75, 3.05) is 4.90 Å². The summed E-state index contributed by atoms with van der Waals surface area (Å²) in [7, 11) is 0. The van der Waals surface area contributed by atoms with E-state index in [1.807, 2.05) is 49.4 Å². The quantitative estimate of drug-likeness (QED) is 0.776. The molecule has 0 saturated carbocycles. The van der Waals surface area contributed by atoms with E-state index in [1.165, 1.54) is 4.90 Å². The van der Waals surface area contributed by atoms with Crippen LogP contribution in [0.1, 0.15) is 11.1 Å². The van der Waals surface area contributed by atoms with Gasteiger partial charge < -0.3 is 4.74 Å². The van der Waals surface area contributed by atoms with E-state index in [0.29, 0.717) is 11.5 Å². The predicted octanol–water partition coefficient (Wildman–Crippen LogP) is 4.11. The van der Waals surface area contributed by atoms with Crippen molar-refractivity contribution >= 4 is 33.8 Å². The van der Waals surface area contributed by atoms with Crippen LogP contribution in [0.5, 0.6) is 5.75 Å². The lowest BCUT2D eigenvalue weighted by Crippen LogP contribution is -2.20. The highest BCUT2D eigenvalue weighted by Crippen LogP contribution is 2.37. The van der Waals surface area contributed by atoms with Crippen LogP contribution >= 0.6 is 15.9 Å². The summed E-state index contributed by atoms with van der Waals surface area (Å²) in [6, 6.07) is 13.4. The van der Waals surface area contributed by atoms with Crippen LogP contribution in [-0.2, 0) is 4.79 Å². The number of rotatable bonds is 2. The van der Waals surface area contributed by atoms with Gasteiger partial charge in [0.25, 0.3) is 0 Å². The minimum absolute atomic E-state index is 0.662. The molecule has 0 bridgehead atoms. The van der Waals surface area contributed by atoms with Crippen LogP contribution in [0.15, 0.2) is 53.1 Å². The molecule has 0 aromatic heterocycles. The van der Waals surface area contributed by atoms with Crippen LogP contribution in [0.25, 0.3) is 5.76 Å². The van der Waals surface area contributed by atoms with Gasteiger partial charge in [-0.05, 0) is 30.7 Å². The van der Waals surface area contributed by atoms with E-state index in [4.69, 9.17) is 4.74 Å². The lowest BCUT2D eigenvalue weighted by Gasteiger charge is -2.25. The maximum absolute atomic E-state index is 11.3. The van der Waals surface area contributed by atoms with Gasteiger partial charge in [0.15, 0.2) is 11.5 Å². The summed E-state index contributed by atoms with van der Waals surface area (Å²) < 4.78 is 6.94. The van der Waals surface area contributed by atoms with Crippen LogP contribution in [0.2, 0.25) is 0 Å². The first-order chi connectivity index (χ1) is 9.70. The number of anilines is 1. The van der Waals surface area contributed by atoms with Crippen molar-refractivity contribution in [3.05, 3.63) is 64.3 Å². The van der Waals surface area contributed by atoms with Gasteiger partial charge in [0.05, 0.1) is 11.9 Å². The van der Waals surface area contributed by atoms with Gasteiger partial charge in [0, 0.05) is 10.0 Å². The highest BCUT2D eigenvalue weighted by atomic mass is 79.9. The second kappa shape index (κ2) is 5.13. The smallest absolute Gasteiger partial charge is 0.218 e. The number of carbonyl (C=O) groups is 1. The summed E-state index contributed by atoms with van der Waals surface area (Å²) in [5, 5.41) is 0. The van der Waals surface area contributed by atoms with Crippen LogP contribution < -0.4 is 9.64 Å². The molecule has 0 aliphatic carbocycles. The molecule has 0 atom stereocenters. The topological polar surface area (TPSA) is 29.5 Å². The zero-order chi connectivity index (χ0) is 14.1. The Bertz CT molecular complexity index is 709. The Hall–Kier alpha value is -2.07. The minimum atomic E-state index is 0.662. The Kier molecular flexibility index (Phi) is 3.32. The number of hydrogen-bond donors (Lipinski definition) is 0. The van der Waals surface area contributed by atoms with Gasteiger partial charge in [-0.2, -0.15) is 0 Å². The third-order valence-electron chi connectivity index (χ3n) is 3.27. The molecule has 1 heterocycles. The first-order valence-electron chi connectivity index (χ1n) is 6.18. The molecular weight excluding hydrogens is 318 g/mol. The molecule has 3 nitrogen and oxygen atoms in total. The van der Waals surface area contributed by atoms with E-state index in [1.54, 1.807) is 6.20 Å². The molecule has 3 rings (SSSR count). The molecule has 100 valence electrons. The number of halogens is 1. The third-order valence-corrected chi connectivity index (χ3v) is 4.13. The molecule has 20 heavy (non-hydrogen) atoms. The van der Waals surface area contributed by atoms with Gasteiger partial charge >= 0.3 is 0 Å². The zero-order valence-electron chi connectivity index (χ0n) is 10.8. The summed E-state index contributed by atoms with van der Waals surface area (Å²) in [6.07, 6.45) is 2.50. The van der Waals surface area contributed by atoms with Crippen LogP contribution in [0, 0.1) is 6.92 Å². The zero-order valence-corrected chi connectivity index (χ0v) is 12.4. The minimum Gasteiger partial charge on any atom is -0.453 e. The fraction of sp³-hybridized carbons (Fsp3) is 0.0625. The lowest BCUT2D eigenvalue weighted by molar-refractivity contribution is -0.107. The maximum Gasteiger partial charge on any atom is 0.218 e. The molecule has 0 radical (unpaired) electrons. The van der Waals surface area contributed by atoms with Gasteiger partial charge in [0.1, 0.15) is 0 Å². The number of ether oxygens (including phenoxy) is 1. The van der Waals surface area contributed by atoms with Crippen LogP contribution in [0.4, 0.5) is 5.69 Å². The highest BCUT2D eigenvalue weighted by Gasteiger charge is 2.20. The maximum atomic E-state index is 11.3. The van der Waals surface area contributed by atoms with Crippen LogP contribution in [0.3, 0.4) is 0 Å². The van der Waals surface area contributed by atoms with E-state index in [-0.39, 0.29) is 0 Å². The number of carbonyl (C=O) groups excluding carboxylic acids is 1.